The molecule has 20 heavy (non-hydrogen) atoms. The first-order valence-electron chi connectivity index (χ1n) is 5.53. The van der Waals surface area contributed by atoms with E-state index in [0.717, 1.165) is 6.07 Å². The molecule has 3 nitrogen and oxygen atoms in total. The summed E-state index contributed by atoms with van der Waals surface area (Å²) in [6, 6.07) is 8.37. The Balaban J connectivity index is 2.35. The Morgan fingerprint density at radius 3 is 2.50 bits per heavy atom. The molecular formula is C13H10BrClFNO2S. The molecular weight excluding hydrogens is 369 g/mol. The van der Waals surface area contributed by atoms with E-state index in [2.05, 4.69) is 20.7 Å². The molecule has 2 aromatic rings. The molecule has 2 rings (SSSR count). The predicted octanol–water partition coefficient (Wildman–Crippen LogP) is 4.35. The highest BCUT2D eigenvalue weighted by molar-refractivity contribution is 9.10. The van der Waals surface area contributed by atoms with E-state index < -0.39 is 15.8 Å². The summed E-state index contributed by atoms with van der Waals surface area (Å²) >= 11 is 8.98. The van der Waals surface area contributed by atoms with Crippen LogP contribution in [-0.4, -0.2) is 8.42 Å². The van der Waals surface area contributed by atoms with Gasteiger partial charge in [0.1, 0.15) is 5.82 Å². The third kappa shape index (κ3) is 3.31. The number of hydrogen-bond acceptors (Lipinski definition) is 2. The second kappa shape index (κ2) is 5.71. The van der Waals surface area contributed by atoms with Crippen molar-refractivity contribution >= 4 is 43.2 Å². The molecule has 7 heteroatoms. The van der Waals surface area contributed by atoms with Gasteiger partial charge in [-0.05, 0) is 58.7 Å². The van der Waals surface area contributed by atoms with Crippen molar-refractivity contribution in [1.82, 2.24) is 0 Å². The van der Waals surface area contributed by atoms with Gasteiger partial charge in [-0.25, -0.2) is 12.8 Å². The summed E-state index contributed by atoms with van der Waals surface area (Å²) in [5.41, 5.74) is 0.612. The van der Waals surface area contributed by atoms with Gasteiger partial charge >= 0.3 is 0 Å². The van der Waals surface area contributed by atoms with E-state index in [1.54, 1.807) is 6.92 Å². The number of halogens is 3. The van der Waals surface area contributed by atoms with Crippen LogP contribution in [0.1, 0.15) is 5.56 Å². The van der Waals surface area contributed by atoms with Gasteiger partial charge in [-0.1, -0.05) is 17.7 Å². The van der Waals surface area contributed by atoms with Gasteiger partial charge in [0.2, 0.25) is 0 Å². The van der Waals surface area contributed by atoms with Gasteiger partial charge in [0, 0.05) is 4.47 Å². The highest BCUT2D eigenvalue weighted by Crippen LogP contribution is 2.26. The van der Waals surface area contributed by atoms with E-state index in [4.69, 9.17) is 11.6 Å². The molecule has 0 aliphatic carbocycles. The molecule has 0 atom stereocenters. The fourth-order valence-electron chi connectivity index (χ4n) is 1.51. The van der Waals surface area contributed by atoms with Crippen molar-refractivity contribution in [2.75, 3.05) is 4.72 Å². The first-order valence-corrected chi connectivity index (χ1v) is 8.19. The van der Waals surface area contributed by atoms with Gasteiger partial charge in [0.15, 0.2) is 0 Å². The Hall–Kier alpha value is -1.11. The lowest BCUT2D eigenvalue weighted by atomic mass is 10.2. The summed E-state index contributed by atoms with van der Waals surface area (Å²) in [7, 11) is -3.79. The molecule has 0 aromatic heterocycles. The molecule has 0 saturated carbocycles. The molecule has 0 unspecified atom stereocenters. The summed E-state index contributed by atoms with van der Waals surface area (Å²) in [6.45, 7) is 1.60. The lowest BCUT2D eigenvalue weighted by molar-refractivity contribution is 0.601. The minimum absolute atomic E-state index is 0.0368. The number of anilines is 1. The quantitative estimate of drug-likeness (QED) is 0.863. The monoisotopic (exact) mass is 377 g/mol. The Labute approximate surface area is 130 Å². The summed E-state index contributed by atoms with van der Waals surface area (Å²) in [4.78, 5) is 0.0368. The molecule has 2 aromatic carbocycles. The second-order valence-electron chi connectivity index (χ2n) is 4.15. The average molecular weight is 379 g/mol. The summed E-state index contributed by atoms with van der Waals surface area (Å²) in [5.74, 6) is -0.470. The number of sulfonamides is 1. The maximum absolute atomic E-state index is 13.4. The molecule has 0 heterocycles. The molecule has 0 bridgehead atoms. The summed E-state index contributed by atoms with van der Waals surface area (Å²) < 4.78 is 40.5. The van der Waals surface area contributed by atoms with Crippen LogP contribution in [0, 0.1) is 12.7 Å². The van der Waals surface area contributed by atoms with E-state index in [-0.39, 0.29) is 10.6 Å². The van der Waals surface area contributed by atoms with Crippen molar-refractivity contribution in [2.24, 2.45) is 0 Å². The van der Waals surface area contributed by atoms with Crippen molar-refractivity contribution in [3.05, 3.63) is 57.3 Å². The lowest BCUT2D eigenvalue weighted by Crippen LogP contribution is -2.13. The Morgan fingerprint density at radius 2 is 1.90 bits per heavy atom. The molecule has 0 aliphatic heterocycles. The Bertz CT molecular complexity index is 765. The zero-order chi connectivity index (χ0) is 14.9. The van der Waals surface area contributed by atoms with Crippen LogP contribution in [0.15, 0.2) is 45.8 Å². The van der Waals surface area contributed by atoms with Crippen LogP contribution in [0.4, 0.5) is 10.1 Å². The van der Waals surface area contributed by atoms with Crippen LogP contribution in [0.5, 0.6) is 0 Å². The van der Waals surface area contributed by atoms with Gasteiger partial charge in [-0.2, -0.15) is 0 Å². The molecule has 0 saturated heterocycles. The molecule has 0 amide bonds. The van der Waals surface area contributed by atoms with Crippen molar-refractivity contribution in [3.63, 3.8) is 0 Å². The maximum atomic E-state index is 13.4. The van der Waals surface area contributed by atoms with E-state index in [9.17, 15) is 12.8 Å². The predicted molar refractivity (Wildman–Crippen MR) is 81.1 cm³/mol. The van der Waals surface area contributed by atoms with Gasteiger partial charge in [0.25, 0.3) is 10.0 Å². The zero-order valence-electron chi connectivity index (χ0n) is 10.3. The van der Waals surface area contributed by atoms with E-state index in [1.165, 1.54) is 30.3 Å². The van der Waals surface area contributed by atoms with Crippen molar-refractivity contribution in [2.45, 2.75) is 11.8 Å². The van der Waals surface area contributed by atoms with Crippen LogP contribution in [0.2, 0.25) is 5.02 Å². The number of benzene rings is 2. The van der Waals surface area contributed by atoms with Crippen LogP contribution in [-0.2, 0) is 10.0 Å². The maximum Gasteiger partial charge on any atom is 0.261 e. The van der Waals surface area contributed by atoms with Crippen molar-refractivity contribution in [3.8, 4) is 0 Å². The van der Waals surface area contributed by atoms with Gasteiger partial charge < -0.3 is 0 Å². The number of hydrogen-bond donors (Lipinski definition) is 1. The third-order valence-electron chi connectivity index (χ3n) is 2.63. The van der Waals surface area contributed by atoms with E-state index in [1.807, 2.05) is 0 Å². The van der Waals surface area contributed by atoms with Gasteiger partial charge in [-0.15, -0.1) is 0 Å². The van der Waals surface area contributed by atoms with Crippen LogP contribution >= 0.6 is 27.5 Å². The normalized spacial score (nSPS) is 11.4. The molecule has 106 valence electrons. The lowest BCUT2D eigenvalue weighted by Gasteiger charge is -2.09. The summed E-state index contributed by atoms with van der Waals surface area (Å²) in [6.07, 6.45) is 0. The smallest absolute Gasteiger partial charge is 0.261 e. The molecule has 0 aliphatic rings. The Kier molecular flexibility index (Phi) is 4.36. The SMILES string of the molecule is Cc1ccc(NS(=O)(=O)c2ccc(Cl)c(Br)c2)cc1F. The van der Waals surface area contributed by atoms with Crippen molar-refractivity contribution < 1.29 is 12.8 Å². The number of nitrogens with one attached hydrogen (secondary N) is 1. The first-order chi connectivity index (χ1) is 9.29. The van der Waals surface area contributed by atoms with Crippen LogP contribution in [0.3, 0.4) is 0 Å². The van der Waals surface area contributed by atoms with E-state index >= 15 is 0 Å². The number of rotatable bonds is 3. The van der Waals surface area contributed by atoms with Gasteiger partial charge in [-0.3, -0.25) is 4.72 Å². The first kappa shape index (κ1) is 15.3. The molecule has 0 fully saturated rings. The Morgan fingerprint density at radius 1 is 1.20 bits per heavy atom. The standard InChI is InChI=1S/C13H10BrClFNO2S/c1-8-2-3-9(6-13(8)16)17-20(18,19)10-4-5-12(15)11(14)7-10/h2-7,17H,1H3. The second-order valence-corrected chi connectivity index (χ2v) is 7.09. The summed E-state index contributed by atoms with van der Waals surface area (Å²) in [5, 5.41) is 0.408. The number of aryl methyl sites for hydroxylation is 1. The highest BCUT2D eigenvalue weighted by atomic mass is 79.9. The van der Waals surface area contributed by atoms with E-state index in [0.29, 0.717) is 15.1 Å². The van der Waals surface area contributed by atoms with Crippen LogP contribution < -0.4 is 4.72 Å². The topological polar surface area (TPSA) is 46.2 Å². The fourth-order valence-corrected chi connectivity index (χ4v) is 3.24. The molecule has 1 N–H and O–H groups in total. The molecule has 0 radical (unpaired) electrons. The molecule has 0 spiro atoms. The minimum atomic E-state index is -3.79. The van der Waals surface area contributed by atoms with Crippen molar-refractivity contribution in [1.29, 1.82) is 0 Å². The van der Waals surface area contributed by atoms with Gasteiger partial charge in [0.05, 0.1) is 15.6 Å². The highest BCUT2D eigenvalue weighted by Gasteiger charge is 2.16. The van der Waals surface area contributed by atoms with Crippen LogP contribution in [0.25, 0.3) is 0 Å². The minimum Gasteiger partial charge on any atom is -0.280 e. The average Bonchev–Trinajstić information content (AvgIpc) is 2.37. The zero-order valence-corrected chi connectivity index (χ0v) is 13.5. The fraction of sp³-hybridized carbons (Fsp3) is 0.0769. The third-order valence-corrected chi connectivity index (χ3v) is 5.22. The largest absolute Gasteiger partial charge is 0.280 e.